The Bertz CT molecular complexity index is 877. The van der Waals surface area contributed by atoms with Crippen LogP contribution in [0.4, 0.5) is 11.4 Å². The topological polar surface area (TPSA) is 84.9 Å². The molecule has 28 heavy (non-hydrogen) atoms. The third-order valence-corrected chi connectivity index (χ3v) is 4.33. The second-order valence-corrected chi connectivity index (χ2v) is 6.72. The number of nitrogens with one attached hydrogen (secondary N) is 1. The third kappa shape index (κ3) is 4.68. The van der Waals surface area contributed by atoms with Gasteiger partial charge in [-0.25, -0.2) is 4.79 Å². The molecule has 0 saturated carbocycles. The lowest BCUT2D eigenvalue weighted by molar-refractivity contribution is -0.149. The summed E-state index contributed by atoms with van der Waals surface area (Å²) in [5.74, 6) is -0.471. The Morgan fingerprint density at radius 3 is 2.50 bits per heavy atom. The molecule has 0 atom stereocenters. The number of hydrogen-bond acceptors (Lipinski definition) is 5. The van der Waals surface area contributed by atoms with Crippen LogP contribution in [0.25, 0.3) is 0 Å². The van der Waals surface area contributed by atoms with Crippen molar-refractivity contribution in [2.24, 2.45) is 0 Å². The largest absolute Gasteiger partial charge is 0.482 e. The van der Waals surface area contributed by atoms with E-state index in [0.717, 1.165) is 0 Å². The van der Waals surface area contributed by atoms with Crippen molar-refractivity contribution in [3.05, 3.63) is 54.1 Å². The van der Waals surface area contributed by atoms with E-state index in [1.165, 1.54) is 10.5 Å². The van der Waals surface area contributed by atoms with Gasteiger partial charge in [-0.15, -0.1) is 0 Å². The molecule has 3 rings (SSSR count). The summed E-state index contributed by atoms with van der Waals surface area (Å²) in [6.45, 7) is 3.30. The number of benzene rings is 2. The minimum Gasteiger partial charge on any atom is -0.482 e. The normalized spacial score (nSPS) is 13.0. The Morgan fingerprint density at radius 1 is 1.07 bits per heavy atom. The highest BCUT2D eigenvalue weighted by molar-refractivity contribution is 6.10. The van der Waals surface area contributed by atoms with E-state index in [0.29, 0.717) is 23.0 Å². The van der Waals surface area contributed by atoms with Crippen molar-refractivity contribution in [3.63, 3.8) is 0 Å². The van der Waals surface area contributed by atoms with Crippen molar-refractivity contribution in [1.29, 1.82) is 0 Å². The summed E-state index contributed by atoms with van der Waals surface area (Å²) in [6, 6.07) is 14.4. The fraction of sp³-hybridized carbons (Fsp3) is 0.286. The minimum atomic E-state index is -0.656. The highest BCUT2D eigenvalue weighted by Crippen LogP contribution is 2.28. The molecule has 1 aliphatic rings. The summed E-state index contributed by atoms with van der Waals surface area (Å²) < 4.78 is 10.4. The molecule has 1 N–H and O–H groups in total. The van der Waals surface area contributed by atoms with E-state index >= 15 is 0 Å². The van der Waals surface area contributed by atoms with Gasteiger partial charge in [0.25, 0.3) is 5.91 Å². The second-order valence-electron chi connectivity index (χ2n) is 6.72. The van der Waals surface area contributed by atoms with E-state index < -0.39 is 18.5 Å². The zero-order valence-corrected chi connectivity index (χ0v) is 15.8. The number of anilines is 2. The van der Waals surface area contributed by atoms with Crippen LogP contribution in [0.2, 0.25) is 0 Å². The molecule has 0 radical (unpaired) electrons. The quantitative estimate of drug-likeness (QED) is 0.777. The SMILES string of the molecule is CC(C)c1ccc(OCC(=O)OCC(=O)N2CC(=O)Nc3ccccc32)cc1. The van der Waals surface area contributed by atoms with Crippen molar-refractivity contribution in [2.75, 3.05) is 30.0 Å². The molecule has 0 fully saturated rings. The van der Waals surface area contributed by atoms with E-state index in [1.807, 2.05) is 12.1 Å². The molecule has 146 valence electrons. The Balaban J connectivity index is 1.50. The van der Waals surface area contributed by atoms with Crippen LogP contribution < -0.4 is 15.0 Å². The van der Waals surface area contributed by atoms with E-state index in [1.54, 1.807) is 36.4 Å². The average molecular weight is 382 g/mol. The van der Waals surface area contributed by atoms with Gasteiger partial charge >= 0.3 is 5.97 Å². The fourth-order valence-corrected chi connectivity index (χ4v) is 2.81. The van der Waals surface area contributed by atoms with Crippen LogP contribution in [0, 0.1) is 0 Å². The van der Waals surface area contributed by atoms with Crippen molar-refractivity contribution in [1.82, 2.24) is 0 Å². The number of esters is 1. The molecule has 2 aromatic rings. The van der Waals surface area contributed by atoms with Gasteiger partial charge in [-0.1, -0.05) is 38.1 Å². The molecule has 2 amide bonds. The second kappa shape index (κ2) is 8.56. The maximum absolute atomic E-state index is 12.4. The molecule has 0 aliphatic carbocycles. The molecule has 1 heterocycles. The summed E-state index contributed by atoms with van der Waals surface area (Å²) in [4.78, 5) is 37.4. The minimum absolute atomic E-state index is 0.119. The Kier molecular flexibility index (Phi) is 5.93. The van der Waals surface area contributed by atoms with Crippen LogP contribution in [0.15, 0.2) is 48.5 Å². The third-order valence-electron chi connectivity index (χ3n) is 4.33. The van der Waals surface area contributed by atoms with Crippen LogP contribution in [0.1, 0.15) is 25.3 Å². The van der Waals surface area contributed by atoms with Gasteiger partial charge in [-0.3, -0.25) is 14.5 Å². The number of para-hydroxylation sites is 2. The van der Waals surface area contributed by atoms with E-state index in [2.05, 4.69) is 19.2 Å². The van der Waals surface area contributed by atoms with E-state index in [9.17, 15) is 14.4 Å². The lowest BCUT2D eigenvalue weighted by Gasteiger charge is -2.28. The van der Waals surface area contributed by atoms with E-state index in [-0.39, 0.29) is 19.1 Å². The van der Waals surface area contributed by atoms with Gasteiger partial charge in [0.15, 0.2) is 13.2 Å². The first-order valence-electron chi connectivity index (χ1n) is 9.01. The smallest absolute Gasteiger partial charge is 0.344 e. The number of amides is 2. The van der Waals surface area contributed by atoms with Crippen LogP contribution >= 0.6 is 0 Å². The zero-order chi connectivity index (χ0) is 20.1. The standard InChI is InChI=1S/C21H22N2O5/c1-14(2)15-7-9-16(10-8-15)27-13-21(26)28-12-20(25)23-11-19(24)22-17-5-3-4-6-18(17)23/h3-10,14H,11-13H2,1-2H3,(H,22,24). The molecular weight excluding hydrogens is 360 g/mol. The molecule has 2 aromatic carbocycles. The number of rotatable bonds is 6. The van der Waals surface area contributed by atoms with Crippen molar-refractivity contribution >= 4 is 29.2 Å². The van der Waals surface area contributed by atoms with Crippen LogP contribution in [0.5, 0.6) is 5.75 Å². The maximum Gasteiger partial charge on any atom is 0.344 e. The first-order chi connectivity index (χ1) is 13.4. The number of fused-ring (bicyclic) bond motifs is 1. The van der Waals surface area contributed by atoms with Crippen LogP contribution in [-0.2, 0) is 19.1 Å². The molecule has 7 heteroatoms. The first-order valence-corrected chi connectivity index (χ1v) is 9.01. The van der Waals surface area contributed by atoms with E-state index in [4.69, 9.17) is 9.47 Å². The van der Waals surface area contributed by atoms with Gasteiger partial charge in [0.2, 0.25) is 5.91 Å². The molecule has 0 unspecified atom stereocenters. The molecule has 0 bridgehead atoms. The van der Waals surface area contributed by atoms with Gasteiger partial charge in [-0.05, 0) is 35.7 Å². The summed E-state index contributed by atoms with van der Waals surface area (Å²) in [7, 11) is 0. The highest BCUT2D eigenvalue weighted by atomic mass is 16.6. The van der Waals surface area contributed by atoms with Crippen molar-refractivity contribution < 1.29 is 23.9 Å². The number of nitrogens with zero attached hydrogens (tertiary/aromatic N) is 1. The number of hydrogen-bond donors (Lipinski definition) is 1. The van der Waals surface area contributed by atoms with Crippen molar-refractivity contribution in [3.8, 4) is 5.75 Å². The summed E-state index contributed by atoms with van der Waals surface area (Å²) in [5, 5.41) is 2.70. The number of ether oxygens (including phenoxy) is 2. The predicted octanol–water partition coefficient (Wildman–Crippen LogP) is 2.72. The molecule has 0 spiro atoms. The molecular formula is C21H22N2O5. The first kappa shape index (κ1) is 19.4. The van der Waals surface area contributed by atoms with Crippen LogP contribution in [-0.4, -0.2) is 37.5 Å². The monoisotopic (exact) mass is 382 g/mol. The Morgan fingerprint density at radius 2 is 1.79 bits per heavy atom. The number of carbonyl (C=O) groups is 3. The van der Waals surface area contributed by atoms with Gasteiger partial charge in [-0.2, -0.15) is 0 Å². The van der Waals surface area contributed by atoms with Gasteiger partial charge in [0.1, 0.15) is 12.3 Å². The van der Waals surface area contributed by atoms with Gasteiger partial charge < -0.3 is 14.8 Å². The predicted molar refractivity (Wildman–Crippen MR) is 104 cm³/mol. The molecule has 0 aromatic heterocycles. The average Bonchev–Trinajstić information content (AvgIpc) is 2.70. The van der Waals surface area contributed by atoms with Crippen LogP contribution in [0.3, 0.4) is 0 Å². The Hall–Kier alpha value is -3.35. The molecule has 1 aliphatic heterocycles. The summed E-state index contributed by atoms with van der Waals surface area (Å²) in [6.07, 6.45) is 0. The summed E-state index contributed by atoms with van der Waals surface area (Å²) in [5.41, 5.74) is 2.29. The molecule has 7 nitrogen and oxygen atoms in total. The maximum atomic E-state index is 12.4. The van der Waals surface area contributed by atoms with Gasteiger partial charge in [0, 0.05) is 0 Å². The zero-order valence-electron chi connectivity index (χ0n) is 15.8. The Labute approximate surface area is 163 Å². The molecule has 0 saturated heterocycles. The fourth-order valence-electron chi connectivity index (χ4n) is 2.81. The van der Waals surface area contributed by atoms with Gasteiger partial charge in [0.05, 0.1) is 11.4 Å². The highest BCUT2D eigenvalue weighted by Gasteiger charge is 2.27. The van der Waals surface area contributed by atoms with Crippen molar-refractivity contribution in [2.45, 2.75) is 19.8 Å². The lowest BCUT2D eigenvalue weighted by atomic mass is 10.0. The lowest BCUT2D eigenvalue weighted by Crippen LogP contribution is -2.44. The number of carbonyl (C=O) groups excluding carboxylic acids is 3. The summed E-state index contributed by atoms with van der Waals surface area (Å²) >= 11 is 0.